The van der Waals surface area contributed by atoms with E-state index in [2.05, 4.69) is 10.6 Å². The predicted octanol–water partition coefficient (Wildman–Crippen LogP) is 3.61. The molecule has 120 valence electrons. The monoisotopic (exact) mass is 368 g/mol. The summed E-state index contributed by atoms with van der Waals surface area (Å²) in [7, 11) is 0. The van der Waals surface area contributed by atoms with Gasteiger partial charge < -0.3 is 10.6 Å². The quantitative estimate of drug-likeness (QED) is 0.604. The molecule has 2 rings (SSSR count). The van der Waals surface area contributed by atoms with E-state index in [4.69, 9.17) is 23.2 Å². The fourth-order valence-corrected chi connectivity index (χ4v) is 2.83. The molecule has 4 nitrogen and oxygen atoms in total. The number of halogens is 2. The highest BCUT2D eigenvalue weighted by Crippen LogP contribution is 2.21. The summed E-state index contributed by atoms with van der Waals surface area (Å²) in [5.74, 6) is -0.404. The van der Waals surface area contributed by atoms with Crippen molar-refractivity contribution in [3.63, 3.8) is 0 Å². The van der Waals surface area contributed by atoms with Crippen molar-refractivity contribution in [2.75, 3.05) is 13.1 Å². The van der Waals surface area contributed by atoms with Crippen molar-refractivity contribution in [1.29, 1.82) is 0 Å². The molecule has 0 spiro atoms. The molecule has 0 saturated heterocycles. The van der Waals surface area contributed by atoms with E-state index in [1.165, 1.54) is 17.4 Å². The van der Waals surface area contributed by atoms with Crippen LogP contribution in [-0.4, -0.2) is 24.9 Å². The third-order valence-corrected chi connectivity index (χ3v) is 4.26. The molecule has 2 N–H and O–H groups in total. The Morgan fingerprint density at radius 1 is 1.13 bits per heavy atom. The molecule has 0 unspecified atom stereocenters. The summed E-state index contributed by atoms with van der Waals surface area (Å²) in [5, 5.41) is 8.26. The normalized spacial score (nSPS) is 10.7. The van der Waals surface area contributed by atoms with E-state index in [0.717, 1.165) is 0 Å². The van der Waals surface area contributed by atoms with Gasteiger partial charge in [0.05, 0.1) is 4.88 Å². The van der Waals surface area contributed by atoms with Gasteiger partial charge in [0.15, 0.2) is 0 Å². The highest BCUT2D eigenvalue weighted by atomic mass is 35.5. The minimum Gasteiger partial charge on any atom is -0.351 e. The van der Waals surface area contributed by atoms with E-state index in [9.17, 15) is 9.59 Å². The first-order valence-electron chi connectivity index (χ1n) is 6.79. The molecule has 2 amide bonds. The largest absolute Gasteiger partial charge is 0.351 e. The summed E-state index contributed by atoms with van der Waals surface area (Å²) >= 11 is 13.2. The van der Waals surface area contributed by atoms with Crippen LogP contribution in [0.1, 0.15) is 15.2 Å². The second kappa shape index (κ2) is 8.72. The summed E-state index contributed by atoms with van der Waals surface area (Å²) in [4.78, 5) is 24.0. The summed E-state index contributed by atoms with van der Waals surface area (Å²) < 4.78 is 0. The van der Waals surface area contributed by atoms with Gasteiger partial charge in [0.1, 0.15) is 0 Å². The van der Waals surface area contributed by atoms with Crippen LogP contribution in [0.3, 0.4) is 0 Å². The van der Waals surface area contributed by atoms with Crippen LogP contribution in [0.4, 0.5) is 0 Å². The second-order valence-electron chi connectivity index (χ2n) is 4.52. The van der Waals surface area contributed by atoms with Gasteiger partial charge in [-0.1, -0.05) is 35.3 Å². The third-order valence-electron chi connectivity index (χ3n) is 2.83. The first-order chi connectivity index (χ1) is 11.1. The Bertz CT molecular complexity index is 715. The maximum Gasteiger partial charge on any atom is 0.261 e. The average molecular weight is 369 g/mol. The summed E-state index contributed by atoms with van der Waals surface area (Å²) in [5.41, 5.74) is 0.706. The van der Waals surface area contributed by atoms with E-state index in [1.54, 1.807) is 30.3 Å². The fourth-order valence-electron chi connectivity index (χ4n) is 1.72. The van der Waals surface area contributed by atoms with Gasteiger partial charge in [-0.2, -0.15) is 0 Å². The lowest BCUT2D eigenvalue weighted by Gasteiger charge is -2.04. The van der Waals surface area contributed by atoms with E-state index < -0.39 is 0 Å². The van der Waals surface area contributed by atoms with E-state index >= 15 is 0 Å². The first kappa shape index (κ1) is 17.5. The SMILES string of the molecule is O=C(/C=C/c1ccc(Cl)cc1Cl)NCCNC(=O)c1cccs1. The van der Waals surface area contributed by atoms with Gasteiger partial charge in [0, 0.05) is 29.2 Å². The van der Waals surface area contributed by atoms with Crippen molar-refractivity contribution in [3.8, 4) is 0 Å². The molecule has 0 radical (unpaired) electrons. The molecular formula is C16H14Cl2N2O2S. The molecule has 1 aromatic carbocycles. The predicted molar refractivity (Wildman–Crippen MR) is 95.2 cm³/mol. The zero-order valence-electron chi connectivity index (χ0n) is 12.0. The Morgan fingerprint density at radius 3 is 2.61 bits per heavy atom. The van der Waals surface area contributed by atoms with Gasteiger partial charge in [-0.15, -0.1) is 11.3 Å². The molecule has 2 aromatic rings. The highest BCUT2D eigenvalue weighted by Gasteiger charge is 2.05. The Hall–Kier alpha value is -1.82. The number of benzene rings is 1. The molecule has 1 heterocycles. The van der Waals surface area contributed by atoms with Crippen LogP contribution < -0.4 is 10.6 Å². The molecule has 0 atom stereocenters. The van der Waals surface area contributed by atoms with Crippen molar-refractivity contribution in [3.05, 3.63) is 62.3 Å². The van der Waals surface area contributed by atoms with Gasteiger partial charge in [0.2, 0.25) is 5.91 Å². The number of thiophene rings is 1. The zero-order valence-corrected chi connectivity index (χ0v) is 14.3. The maximum atomic E-state index is 11.7. The number of amides is 2. The van der Waals surface area contributed by atoms with Crippen molar-refractivity contribution in [2.24, 2.45) is 0 Å². The van der Waals surface area contributed by atoms with Gasteiger partial charge >= 0.3 is 0 Å². The van der Waals surface area contributed by atoms with Crippen molar-refractivity contribution < 1.29 is 9.59 Å². The molecule has 0 aliphatic rings. The van der Waals surface area contributed by atoms with Gasteiger partial charge in [-0.05, 0) is 35.2 Å². The second-order valence-corrected chi connectivity index (χ2v) is 6.31. The maximum absolute atomic E-state index is 11.7. The third kappa shape index (κ3) is 5.71. The van der Waals surface area contributed by atoms with Crippen molar-refractivity contribution in [2.45, 2.75) is 0 Å². The molecule has 0 aliphatic heterocycles. The standard InChI is InChI=1S/C16H14Cl2N2O2S/c17-12-5-3-11(13(18)10-12)4-6-15(21)19-7-8-20-16(22)14-2-1-9-23-14/h1-6,9-10H,7-8H2,(H,19,21)(H,20,22)/b6-4+. The lowest BCUT2D eigenvalue weighted by Crippen LogP contribution is -2.33. The van der Waals surface area contributed by atoms with Crippen LogP contribution in [0.5, 0.6) is 0 Å². The molecule has 1 aromatic heterocycles. The number of nitrogens with one attached hydrogen (secondary N) is 2. The Balaban J connectivity index is 1.72. The van der Waals surface area contributed by atoms with E-state index in [-0.39, 0.29) is 11.8 Å². The van der Waals surface area contributed by atoms with Crippen molar-refractivity contribution in [1.82, 2.24) is 10.6 Å². The van der Waals surface area contributed by atoms with Crippen LogP contribution in [0.2, 0.25) is 10.0 Å². The zero-order chi connectivity index (χ0) is 16.7. The van der Waals surface area contributed by atoms with Crippen LogP contribution in [0.25, 0.3) is 6.08 Å². The molecule has 0 saturated carbocycles. The Labute approximate surface area is 148 Å². The number of carbonyl (C=O) groups is 2. The minimum atomic E-state index is -0.263. The first-order valence-corrected chi connectivity index (χ1v) is 8.42. The van der Waals surface area contributed by atoms with Crippen LogP contribution in [0.15, 0.2) is 41.8 Å². The van der Waals surface area contributed by atoms with Crippen LogP contribution >= 0.6 is 34.5 Å². The van der Waals surface area contributed by atoms with Crippen molar-refractivity contribution >= 4 is 52.4 Å². The van der Waals surface area contributed by atoms with Crippen LogP contribution in [-0.2, 0) is 4.79 Å². The number of hydrogen-bond donors (Lipinski definition) is 2. The topological polar surface area (TPSA) is 58.2 Å². The average Bonchev–Trinajstić information content (AvgIpc) is 3.05. The fraction of sp³-hybridized carbons (Fsp3) is 0.125. The van der Waals surface area contributed by atoms with E-state index in [0.29, 0.717) is 33.6 Å². The summed E-state index contributed by atoms with van der Waals surface area (Å²) in [6, 6.07) is 8.60. The van der Waals surface area contributed by atoms with Crippen LogP contribution in [0, 0.1) is 0 Å². The molecule has 0 aliphatic carbocycles. The number of rotatable bonds is 6. The molecule has 0 bridgehead atoms. The number of hydrogen-bond acceptors (Lipinski definition) is 3. The Morgan fingerprint density at radius 2 is 1.91 bits per heavy atom. The molecule has 7 heteroatoms. The minimum absolute atomic E-state index is 0.141. The van der Waals surface area contributed by atoms with Gasteiger partial charge in [0.25, 0.3) is 5.91 Å². The smallest absolute Gasteiger partial charge is 0.261 e. The summed E-state index contributed by atoms with van der Waals surface area (Å²) in [6.07, 6.45) is 2.99. The lowest BCUT2D eigenvalue weighted by molar-refractivity contribution is -0.116. The molecule has 23 heavy (non-hydrogen) atoms. The van der Waals surface area contributed by atoms with E-state index in [1.807, 2.05) is 11.4 Å². The lowest BCUT2D eigenvalue weighted by atomic mass is 10.2. The van der Waals surface area contributed by atoms with Gasteiger partial charge in [-0.25, -0.2) is 0 Å². The number of carbonyl (C=O) groups excluding carboxylic acids is 2. The summed E-state index contributed by atoms with van der Waals surface area (Å²) in [6.45, 7) is 0.701. The Kier molecular flexibility index (Phi) is 6.65. The highest BCUT2D eigenvalue weighted by molar-refractivity contribution is 7.12. The molecule has 0 fully saturated rings. The van der Waals surface area contributed by atoms with Gasteiger partial charge in [-0.3, -0.25) is 9.59 Å². The molecular weight excluding hydrogens is 355 g/mol.